The standard InChI is InChI=1S/C18H18O3/c1-2-6-13-9-14-16(20)11-17(12-7-4-3-5-8-12)21-18(14)10-15(13)19/h3-5,7-10,17,19H,2,6,11H2,1H3. The lowest BCUT2D eigenvalue weighted by Gasteiger charge is -2.26. The number of benzene rings is 2. The first kappa shape index (κ1) is 13.7. The Balaban J connectivity index is 1.96. The second kappa shape index (κ2) is 5.60. The van der Waals surface area contributed by atoms with E-state index in [1.54, 1.807) is 12.1 Å². The Labute approximate surface area is 124 Å². The molecular weight excluding hydrogens is 264 g/mol. The number of fused-ring (bicyclic) bond motifs is 1. The van der Waals surface area contributed by atoms with Crippen LogP contribution >= 0.6 is 0 Å². The molecule has 3 heteroatoms. The molecule has 0 aromatic heterocycles. The second-order valence-corrected chi connectivity index (χ2v) is 5.37. The maximum absolute atomic E-state index is 12.4. The maximum Gasteiger partial charge on any atom is 0.170 e. The number of carbonyl (C=O) groups excluding carboxylic acids is 1. The minimum absolute atomic E-state index is 0.0717. The van der Waals surface area contributed by atoms with Gasteiger partial charge in [0.15, 0.2) is 5.78 Å². The SMILES string of the molecule is CCCc1cc2c(cc1O)OC(c1ccccc1)CC2=O. The lowest BCUT2D eigenvalue weighted by Crippen LogP contribution is -2.20. The summed E-state index contributed by atoms with van der Waals surface area (Å²) in [6.07, 6.45) is 1.75. The predicted octanol–water partition coefficient (Wildman–Crippen LogP) is 4.05. The normalized spacial score (nSPS) is 17.2. The van der Waals surface area contributed by atoms with Gasteiger partial charge in [-0.05, 0) is 23.6 Å². The molecule has 0 bridgehead atoms. The van der Waals surface area contributed by atoms with Gasteiger partial charge in [0.25, 0.3) is 0 Å². The van der Waals surface area contributed by atoms with Crippen molar-refractivity contribution in [2.75, 3.05) is 0 Å². The number of hydrogen-bond donors (Lipinski definition) is 1. The molecule has 3 rings (SSSR count). The van der Waals surface area contributed by atoms with Crippen molar-refractivity contribution in [1.82, 2.24) is 0 Å². The molecule has 2 aromatic rings. The van der Waals surface area contributed by atoms with E-state index in [1.165, 1.54) is 0 Å². The Morgan fingerprint density at radius 2 is 2.00 bits per heavy atom. The Bertz CT molecular complexity index is 662. The van der Waals surface area contributed by atoms with Crippen molar-refractivity contribution in [3.63, 3.8) is 0 Å². The zero-order chi connectivity index (χ0) is 14.8. The van der Waals surface area contributed by atoms with Gasteiger partial charge < -0.3 is 9.84 Å². The van der Waals surface area contributed by atoms with Crippen molar-refractivity contribution in [1.29, 1.82) is 0 Å². The minimum Gasteiger partial charge on any atom is -0.508 e. The number of aromatic hydroxyl groups is 1. The molecule has 21 heavy (non-hydrogen) atoms. The van der Waals surface area contributed by atoms with Crippen LogP contribution in [-0.4, -0.2) is 10.9 Å². The van der Waals surface area contributed by atoms with Crippen LogP contribution in [0, 0.1) is 0 Å². The lowest BCUT2D eigenvalue weighted by molar-refractivity contribution is 0.0849. The molecule has 1 unspecified atom stereocenters. The lowest BCUT2D eigenvalue weighted by atomic mass is 9.94. The van der Waals surface area contributed by atoms with Gasteiger partial charge in [0, 0.05) is 6.07 Å². The van der Waals surface area contributed by atoms with Gasteiger partial charge in [0.1, 0.15) is 17.6 Å². The molecule has 0 saturated carbocycles. The van der Waals surface area contributed by atoms with Crippen LogP contribution in [0.1, 0.15) is 47.4 Å². The average molecular weight is 282 g/mol. The number of ether oxygens (including phenoxy) is 1. The highest BCUT2D eigenvalue weighted by atomic mass is 16.5. The van der Waals surface area contributed by atoms with Gasteiger partial charge in [-0.2, -0.15) is 0 Å². The third-order valence-electron chi connectivity index (χ3n) is 3.81. The molecule has 0 radical (unpaired) electrons. The largest absolute Gasteiger partial charge is 0.508 e. The molecule has 0 aliphatic carbocycles. The summed E-state index contributed by atoms with van der Waals surface area (Å²) in [5.74, 6) is 0.761. The van der Waals surface area contributed by atoms with Crippen LogP contribution in [0.2, 0.25) is 0 Å². The Morgan fingerprint density at radius 3 is 2.71 bits per heavy atom. The minimum atomic E-state index is -0.275. The molecule has 0 fully saturated rings. The molecule has 3 nitrogen and oxygen atoms in total. The van der Waals surface area contributed by atoms with Crippen LogP contribution in [-0.2, 0) is 6.42 Å². The predicted molar refractivity (Wildman–Crippen MR) is 80.9 cm³/mol. The third-order valence-corrected chi connectivity index (χ3v) is 3.81. The van der Waals surface area contributed by atoms with E-state index >= 15 is 0 Å². The summed E-state index contributed by atoms with van der Waals surface area (Å²) in [7, 11) is 0. The Kier molecular flexibility index (Phi) is 3.65. The molecule has 0 saturated heterocycles. The Morgan fingerprint density at radius 1 is 1.24 bits per heavy atom. The highest BCUT2D eigenvalue weighted by Crippen LogP contribution is 2.38. The number of carbonyl (C=O) groups is 1. The van der Waals surface area contributed by atoms with Crippen LogP contribution in [0.5, 0.6) is 11.5 Å². The van der Waals surface area contributed by atoms with Gasteiger partial charge in [0.05, 0.1) is 12.0 Å². The fraction of sp³-hybridized carbons (Fsp3) is 0.278. The number of phenolic OH excluding ortho intramolecular Hbond substituents is 1. The molecule has 1 atom stereocenters. The van der Waals surface area contributed by atoms with Gasteiger partial charge in [-0.15, -0.1) is 0 Å². The van der Waals surface area contributed by atoms with Crippen molar-refractivity contribution in [3.05, 3.63) is 59.2 Å². The highest BCUT2D eigenvalue weighted by molar-refractivity contribution is 6.00. The van der Waals surface area contributed by atoms with E-state index in [4.69, 9.17) is 4.74 Å². The smallest absolute Gasteiger partial charge is 0.170 e. The van der Waals surface area contributed by atoms with Crippen molar-refractivity contribution in [2.24, 2.45) is 0 Å². The van der Waals surface area contributed by atoms with Crippen LogP contribution < -0.4 is 4.74 Å². The number of hydrogen-bond acceptors (Lipinski definition) is 3. The summed E-state index contributed by atoms with van der Waals surface area (Å²) in [6, 6.07) is 13.1. The Hall–Kier alpha value is -2.29. The van der Waals surface area contributed by atoms with E-state index in [0.717, 1.165) is 24.0 Å². The van der Waals surface area contributed by atoms with Crippen molar-refractivity contribution in [3.8, 4) is 11.5 Å². The molecule has 1 heterocycles. The first-order valence-corrected chi connectivity index (χ1v) is 7.29. The summed E-state index contributed by atoms with van der Waals surface area (Å²) in [5.41, 5.74) is 2.38. The fourth-order valence-electron chi connectivity index (χ4n) is 2.73. The first-order chi connectivity index (χ1) is 10.2. The number of aryl methyl sites for hydroxylation is 1. The molecule has 2 aromatic carbocycles. The van der Waals surface area contributed by atoms with Crippen molar-refractivity contribution >= 4 is 5.78 Å². The van der Waals surface area contributed by atoms with Crippen molar-refractivity contribution < 1.29 is 14.6 Å². The molecule has 0 amide bonds. The van der Waals surface area contributed by atoms with E-state index < -0.39 is 0 Å². The van der Waals surface area contributed by atoms with E-state index in [-0.39, 0.29) is 17.6 Å². The van der Waals surface area contributed by atoms with Crippen molar-refractivity contribution in [2.45, 2.75) is 32.3 Å². The molecule has 1 aliphatic heterocycles. The quantitative estimate of drug-likeness (QED) is 0.923. The van der Waals surface area contributed by atoms with E-state index in [0.29, 0.717) is 17.7 Å². The van der Waals surface area contributed by atoms with Gasteiger partial charge in [-0.25, -0.2) is 0 Å². The number of phenols is 1. The summed E-state index contributed by atoms with van der Waals surface area (Å²) in [4.78, 5) is 12.4. The first-order valence-electron chi connectivity index (χ1n) is 7.29. The van der Waals surface area contributed by atoms with E-state index in [2.05, 4.69) is 0 Å². The number of ketones is 1. The maximum atomic E-state index is 12.4. The van der Waals surface area contributed by atoms with Crippen LogP contribution in [0.25, 0.3) is 0 Å². The zero-order valence-electron chi connectivity index (χ0n) is 12.0. The molecule has 108 valence electrons. The molecule has 1 N–H and O–H groups in total. The van der Waals surface area contributed by atoms with E-state index in [1.807, 2.05) is 37.3 Å². The molecule has 1 aliphatic rings. The zero-order valence-corrected chi connectivity index (χ0v) is 12.0. The van der Waals surface area contributed by atoms with Gasteiger partial charge in [0.2, 0.25) is 0 Å². The summed E-state index contributed by atoms with van der Waals surface area (Å²) in [6.45, 7) is 2.04. The summed E-state index contributed by atoms with van der Waals surface area (Å²) < 4.78 is 5.92. The molecule has 0 spiro atoms. The fourth-order valence-corrected chi connectivity index (χ4v) is 2.73. The van der Waals surface area contributed by atoms with Crippen LogP contribution in [0.15, 0.2) is 42.5 Å². The van der Waals surface area contributed by atoms with E-state index in [9.17, 15) is 9.90 Å². The van der Waals surface area contributed by atoms with Crippen LogP contribution in [0.4, 0.5) is 0 Å². The summed E-state index contributed by atoms with van der Waals surface area (Å²) >= 11 is 0. The summed E-state index contributed by atoms with van der Waals surface area (Å²) in [5, 5.41) is 10.0. The topological polar surface area (TPSA) is 46.5 Å². The molecular formula is C18H18O3. The number of Topliss-reactive ketones (excluding diaryl/α,β-unsaturated/α-hetero) is 1. The van der Waals surface area contributed by atoms with Crippen LogP contribution in [0.3, 0.4) is 0 Å². The second-order valence-electron chi connectivity index (χ2n) is 5.37. The van der Waals surface area contributed by atoms with Gasteiger partial charge in [-0.1, -0.05) is 43.7 Å². The van der Waals surface area contributed by atoms with Gasteiger partial charge in [-0.3, -0.25) is 4.79 Å². The highest BCUT2D eigenvalue weighted by Gasteiger charge is 2.28. The number of rotatable bonds is 3. The average Bonchev–Trinajstić information content (AvgIpc) is 2.49. The monoisotopic (exact) mass is 282 g/mol. The third kappa shape index (κ3) is 2.64. The van der Waals surface area contributed by atoms with Gasteiger partial charge >= 0.3 is 0 Å².